The maximum absolute atomic E-state index is 13.3. The lowest BCUT2D eigenvalue weighted by Gasteiger charge is -2.44. The Morgan fingerprint density at radius 1 is 1.50 bits per heavy atom. The van der Waals surface area contributed by atoms with Crippen LogP contribution in [0, 0.1) is 18.7 Å². The first kappa shape index (κ1) is 15.4. The molecular formula is C16H25FN2O. The van der Waals surface area contributed by atoms with E-state index >= 15 is 0 Å². The minimum atomic E-state index is -0.311. The molecule has 0 heterocycles. The summed E-state index contributed by atoms with van der Waals surface area (Å²) in [6.07, 6.45) is 4.30. The highest BCUT2D eigenvalue weighted by atomic mass is 19.1. The van der Waals surface area contributed by atoms with Crippen molar-refractivity contribution >= 4 is 0 Å². The van der Waals surface area contributed by atoms with Gasteiger partial charge in [0, 0.05) is 7.11 Å². The number of halogens is 1. The number of ether oxygens (including phenoxy) is 1. The van der Waals surface area contributed by atoms with Gasteiger partial charge >= 0.3 is 0 Å². The van der Waals surface area contributed by atoms with Crippen molar-refractivity contribution in [1.29, 1.82) is 0 Å². The number of rotatable bonds is 4. The van der Waals surface area contributed by atoms with Gasteiger partial charge in [0.05, 0.1) is 11.6 Å². The van der Waals surface area contributed by atoms with E-state index in [4.69, 9.17) is 10.6 Å². The number of hydrogen-bond acceptors (Lipinski definition) is 3. The Kier molecular flexibility index (Phi) is 4.78. The number of hydrazine groups is 1. The third kappa shape index (κ3) is 2.87. The number of nitrogens with one attached hydrogen (secondary N) is 1. The molecule has 0 spiro atoms. The second kappa shape index (κ2) is 6.20. The van der Waals surface area contributed by atoms with Crippen molar-refractivity contribution in [3.05, 3.63) is 35.1 Å². The number of benzene rings is 1. The van der Waals surface area contributed by atoms with Crippen molar-refractivity contribution in [2.24, 2.45) is 11.8 Å². The number of aryl methyl sites for hydroxylation is 1. The van der Waals surface area contributed by atoms with Crippen LogP contribution in [0.25, 0.3) is 0 Å². The third-order valence-electron chi connectivity index (χ3n) is 4.63. The molecule has 1 aliphatic carbocycles. The Bertz CT molecular complexity index is 466. The fourth-order valence-corrected chi connectivity index (χ4v) is 3.60. The predicted octanol–water partition coefficient (Wildman–Crippen LogP) is 3.23. The topological polar surface area (TPSA) is 47.3 Å². The second-order valence-electron chi connectivity index (χ2n) is 6.07. The van der Waals surface area contributed by atoms with Crippen LogP contribution < -0.4 is 11.3 Å². The summed E-state index contributed by atoms with van der Waals surface area (Å²) < 4.78 is 19.2. The molecule has 20 heavy (non-hydrogen) atoms. The normalized spacial score (nSPS) is 28.4. The molecule has 4 heteroatoms. The number of methoxy groups -OCH3 is 1. The molecule has 0 saturated heterocycles. The van der Waals surface area contributed by atoms with Crippen LogP contribution in [-0.2, 0) is 4.74 Å². The van der Waals surface area contributed by atoms with Gasteiger partial charge in [-0.25, -0.2) is 4.39 Å². The van der Waals surface area contributed by atoms with Crippen LogP contribution in [0.5, 0.6) is 0 Å². The number of nitrogens with two attached hydrogens (primary N) is 1. The van der Waals surface area contributed by atoms with Gasteiger partial charge < -0.3 is 4.74 Å². The standard InChI is InChI=1S/C16H25FN2O/c1-11-5-4-8-16(10-11,20-3)15(19-18)14-7-6-13(17)9-12(14)2/h6-7,9,11,15,19H,4-5,8,10,18H2,1-3H3. The SMILES string of the molecule is COC1(C(NN)c2ccc(F)cc2C)CCCC(C)C1. The van der Waals surface area contributed by atoms with Crippen LogP contribution in [0.1, 0.15) is 49.8 Å². The minimum Gasteiger partial charge on any atom is -0.376 e. The fourth-order valence-electron chi connectivity index (χ4n) is 3.60. The highest BCUT2D eigenvalue weighted by molar-refractivity contribution is 5.32. The van der Waals surface area contributed by atoms with Gasteiger partial charge in [-0.2, -0.15) is 0 Å². The lowest BCUT2D eigenvalue weighted by atomic mass is 9.72. The summed E-state index contributed by atoms with van der Waals surface area (Å²) in [7, 11) is 1.75. The van der Waals surface area contributed by atoms with Crippen LogP contribution >= 0.6 is 0 Å². The largest absolute Gasteiger partial charge is 0.376 e. The van der Waals surface area contributed by atoms with Gasteiger partial charge in [0.25, 0.3) is 0 Å². The Balaban J connectivity index is 2.38. The van der Waals surface area contributed by atoms with E-state index in [1.54, 1.807) is 13.2 Å². The first-order chi connectivity index (χ1) is 9.52. The van der Waals surface area contributed by atoms with E-state index in [2.05, 4.69) is 12.3 Å². The summed E-state index contributed by atoms with van der Waals surface area (Å²) in [5, 5.41) is 0. The summed E-state index contributed by atoms with van der Waals surface area (Å²) in [6, 6.07) is 4.74. The first-order valence-electron chi connectivity index (χ1n) is 7.30. The molecule has 3 N–H and O–H groups in total. The summed E-state index contributed by atoms with van der Waals surface area (Å²) in [6.45, 7) is 4.16. The van der Waals surface area contributed by atoms with Gasteiger partial charge in [0.15, 0.2) is 0 Å². The Labute approximate surface area is 120 Å². The maximum Gasteiger partial charge on any atom is 0.123 e. The van der Waals surface area contributed by atoms with E-state index < -0.39 is 0 Å². The average Bonchev–Trinajstić information content (AvgIpc) is 2.42. The average molecular weight is 280 g/mol. The zero-order valence-corrected chi connectivity index (χ0v) is 12.6. The summed E-state index contributed by atoms with van der Waals surface area (Å²) in [5.74, 6) is 6.22. The van der Waals surface area contributed by atoms with Crippen molar-refractivity contribution < 1.29 is 9.13 Å². The molecule has 3 nitrogen and oxygen atoms in total. The van der Waals surface area contributed by atoms with Crippen molar-refractivity contribution in [3.8, 4) is 0 Å². The lowest BCUT2D eigenvalue weighted by molar-refractivity contribution is -0.0807. The van der Waals surface area contributed by atoms with Crippen LogP contribution in [0.3, 0.4) is 0 Å². The second-order valence-corrected chi connectivity index (χ2v) is 6.07. The fraction of sp³-hybridized carbons (Fsp3) is 0.625. The molecule has 2 rings (SSSR count). The molecule has 1 aromatic carbocycles. The quantitative estimate of drug-likeness (QED) is 0.657. The van der Waals surface area contributed by atoms with Crippen molar-refractivity contribution in [2.45, 2.75) is 51.2 Å². The van der Waals surface area contributed by atoms with Gasteiger partial charge in [-0.3, -0.25) is 11.3 Å². The Morgan fingerprint density at radius 2 is 2.25 bits per heavy atom. The van der Waals surface area contributed by atoms with Crippen LogP contribution in [0.2, 0.25) is 0 Å². The first-order valence-corrected chi connectivity index (χ1v) is 7.30. The van der Waals surface area contributed by atoms with Crippen molar-refractivity contribution in [1.82, 2.24) is 5.43 Å². The molecule has 0 amide bonds. The van der Waals surface area contributed by atoms with Crippen LogP contribution in [0.15, 0.2) is 18.2 Å². The van der Waals surface area contributed by atoms with Gasteiger partial charge in [-0.05, 0) is 48.9 Å². The van der Waals surface area contributed by atoms with E-state index in [-0.39, 0.29) is 17.5 Å². The van der Waals surface area contributed by atoms with Gasteiger partial charge in [0.2, 0.25) is 0 Å². The van der Waals surface area contributed by atoms with E-state index in [0.29, 0.717) is 5.92 Å². The predicted molar refractivity (Wildman–Crippen MR) is 78.6 cm³/mol. The molecule has 0 aliphatic heterocycles. The highest BCUT2D eigenvalue weighted by Crippen LogP contribution is 2.43. The van der Waals surface area contributed by atoms with E-state index in [0.717, 1.165) is 30.4 Å². The van der Waals surface area contributed by atoms with Gasteiger partial charge in [-0.1, -0.05) is 25.8 Å². The smallest absolute Gasteiger partial charge is 0.123 e. The lowest BCUT2D eigenvalue weighted by Crippen LogP contribution is -2.50. The zero-order chi connectivity index (χ0) is 14.8. The van der Waals surface area contributed by atoms with Crippen LogP contribution in [-0.4, -0.2) is 12.7 Å². The Hall–Kier alpha value is -0.970. The molecule has 1 aromatic rings. The van der Waals surface area contributed by atoms with Gasteiger partial charge in [0.1, 0.15) is 5.82 Å². The van der Waals surface area contributed by atoms with Crippen molar-refractivity contribution in [2.75, 3.05) is 7.11 Å². The molecule has 0 bridgehead atoms. The third-order valence-corrected chi connectivity index (χ3v) is 4.63. The Morgan fingerprint density at radius 3 is 2.80 bits per heavy atom. The van der Waals surface area contributed by atoms with Crippen molar-refractivity contribution in [3.63, 3.8) is 0 Å². The zero-order valence-electron chi connectivity index (χ0n) is 12.6. The summed E-state index contributed by atoms with van der Waals surface area (Å²) >= 11 is 0. The van der Waals surface area contributed by atoms with E-state index in [9.17, 15) is 4.39 Å². The molecule has 1 saturated carbocycles. The highest BCUT2D eigenvalue weighted by Gasteiger charge is 2.43. The summed E-state index contributed by atoms with van der Waals surface area (Å²) in [4.78, 5) is 0. The molecule has 1 aliphatic rings. The molecular weight excluding hydrogens is 255 g/mol. The maximum atomic E-state index is 13.3. The molecule has 0 aromatic heterocycles. The molecule has 112 valence electrons. The summed E-state index contributed by atoms with van der Waals surface area (Å²) in [5.41, 5.74) is 4.53. The molecule has 3 unspecified atom stereocenters. The monoisotopic (exact) mass is 280 g/mol. The van der Waals surface area contributed by atoms with Crippen LogP contribution in [0.4, 0.5) is 4.39 Å². The molecule has 0 radical (unpaired) electrons. The minimum absolute atomic E-state index is 0.115. The van der Waals surface area contributed by atoms with E-state index in [1.165, 1.54) is 12.5 Å². The molecule has 3 atom stereocenters. The van der Waals surface area contributed by atoms with Gasteiger partial charge in [-0.15, -0.1) is 0 Å². The number of hydrogen-bond donors (Lipinski definition) is 2. The molecule has 1 fully saturated rings. The van der Waals surface area contributed by atoms with E-state index in [1.807, 2.05) is 13.0 Å².